The topological polar surface area (TPSA) is 84.0 Å². The van der Waals surface area contributed by atoms with Crippen LogP contribution in [-0.4, -0.2) is 30.2 Å². The largest absolute Gasteiger partial charge is 0.426 e. The van der Waals surface area contributed by atoms with Gasteiger partial charge in [0, 0.05) is 23.7 Å². The summed E-state index contributed by atoms with van der Waals surface area (Å²) in [5.74, 6) is -1.96. The van der Waals surface area contributed by atoms with Gasteiger partial charge in [-0.1, -0.05) is 29.8 Å². The summed E-state index contributed by atoms with van der Waals surface area (Å²) < 4.78 is 5.59. The van der Waals surface area contributed by atoms with Crippen molar-refractivity contribution in [2.75, 3.05) is 16.3 Å². The van der Waals surface area contributed by atoms with E-state index in [2.05, 4.69) is 0 Å². The number of amides is 3. The van der Waals surface area contributed by atoms with Crippen molar-refractivity contribution in [1.29, 1.82) is 0 Å². The van der Waals surface area contributed by atoms with Gasteiger partial charge in [0.05, 0.1) is 23.4 Å². The molecule has 2 heterocycles. The van der Waals surface area contributed by atoms with Crippen LogP contribution in [0.4, 0.5) is 11.4 Å². The molecule has 0 saturated carbocycles. The Morgan fingerprint density at radius 2 is 1.66 bits per heavy atom. The Morgan fingerprint density at radius 1 is 0.971 bits per heavy atom. The van der Waals surface area contributed by atoms with Gasteiger partial charge < -0.3 is 9.64 Å². The minimum Gasteiger partial charge on any atom is -0.426 e. The molecule has 0 spiro atoms. The molecule has 3 amide bonds. The number of fused-ring (bicyclic) bond motifs is 1. The second-order valence-corrected chi connectivity index (χ2v) is 9.73. The zero-order valence-electron chi connectivity index (χ0n) is 19.5. The summed E-state index contributed by atoms with van der Waals surface area (Å²) in [6.07, 6.45) is 5.11. The molecule has 0 radical (unpaired) electrons. The summed E-state index contributed by atoms with van der Waals surface area (Å²) in [7, 11) is 0. The molecular weight excluding hydrogens is 468 g/mol. The maximum Gasteiger partial charge on any atom is 0.316 e. The molecule has 0 bridgehead atoms. The Balaban J connectivity index is 1.29. The molecule has 3 aliphatic rings. The fraction of sp³-hybridized carbons (Fsp3) is 0.333. The molecule has 180 valence electrons. The molecule has 35 heavy (non-hydrogen) atoms. The van der Waals surface area contributed by atoms with Crippen LogP contribution in [-0.2, 0) is 19.2 Å². The number of benzene rings is 2. The molecule has 8 heteroatoms. The van der Waals surface area contributed by atoms with Crippen LogP contribution in [0.15, 0.2) is 48.6 Å². The number of hydrogen-bond acceptors (Lipinski definition) is 5. The van der Waals surface area contributed by atoms with Gasteiger partial charge in [-0.3, -0.25) is 19.2 Å². The summed E-state index contributed by atoms with van der Waals surface area (Å²) >= 11 is 6.20. The first-order valence-electron chi connectivity index (χ1n) is 11.7. The number of imide groups is 1. The fourth-order valence-electron chi connectivity index (χ4n) is 5.17. The number of esters is 1. The average Bonchev–Trinajstić information content (AvgIpc) is 3.34. The van der Waals surface area contributed by atoms with Crippen molar-refractivity contribution < 1.29 is 23.9 Å². The lowest BCUT2D eigenvalue weighted by Gasteiger charge is -2.20. The van der Waals surface area contributed by atoms with E-state index < -0.39 is 11.9 Å². The number of allylic oxidation sites excluding steroid dienone is 2. The van der Waals surface area contributed by atoms with Crippen LogP contribution in [0.3, 0.4) is 0 Å². The first-order valence-corrected chi connectivity index (χ1v) is 12.0. The van der Waals surface area contributed by atoms with E-state index in [9.17, 15) is 19.2 Å². The Morgan fingerprint density at radius 3 is 2.31 bits per heavy atom. The van der Waals surface area contributed by atoms with E-state index in [1.807, 2.05) is 25.1 Å². The second kappa shape index (κ2) is 8.96. The molecule has 0 unspecified atom stereocenters. The monoisotopic (exact) mass is 492 g/mol. The molecule has 3 atom stereocenters. The molecule has 1 aliphatic carbocycles. The van der Waals surface area contributed by atoms with Gasteiger partial charge in [0.2, 0.25) is 17.7 Å². The highest BCUT2D eigenvalue weighted by Gasteiger charge is 2.48. The van der Waals surface area contributed by atoms with E-state index >= 15 is 0 Å². The molecule has 7 nitrogen and oxygen atoms in total. The maximum absolute atomic E-state index is 12.9. The maximum atomic E-state index is 12.9. The number of rotatable bonds is 4. The Labute approximate surface area is 208 Å². The SMILES string of the molecule is Cc1cc(OC(=O)[C@@H]2CC(=O)N(c3cccc(Cl)c3C)C2)ccc1N1C(=O)[C@H]2CC=CC[C@@H]2C1=O. The molecule has 2 aromatic carbocycles. The predicted molar refractivity (Wildman–Crippen MR) is 131 cm³/mol. The second-order valence-electron chi connectivity index (χ2n) is 9.33. The minimum atomic E-state index is -0.613. The molecule has 2 fully saturated rings. The average molecular weight is 493 g/mol. The number of hydrogen-bond donors (Lipinski definition) is 0. The van der Waals surface area contributed by atoms with Crippen LogP contribution in [0.5, 0.6) is 5.75 Å². The summed E-state index contributed by atoms with van der Waals surface area (Å²) in [5, 5.41) is 0.558. The van der Waals surface area contributed by atoms with E-state index in [1.54, 1.807) is 42.2 Å². The van der Waals surface area contributed by atoms with E-state index in [0.717, 1.165) is 5.56 Å². The molecular formula is C27H25ClN2O5. The lowest BCUT2D eigenvalue weighted by atomic mass is 9.85. The first kappa shape index (κ1) is 23.3. The van der Waals surface area contributed by atoms with E-state index in [0.29, 0.717) is 40.6 Å². The van der Waals surface area contributed by atoms with Crippen LogP contribution in [0.1, 0.15) is 30.4 Å². The normalized spacial score (nSPS) is 23.7. The number of halogens is 1. The van der Waals surface area contributed by atoms with Gasteiger partial charge in [0.1, 0.15) is 5.75 Å². The van der Waals surface area contributed by atoms with Crippen molar-refractivity contribution in [2.24, 2.45) is 17.8 Å². The highest BCUT2D eigenvalue weighted by atomic mass is 35.5. The molecule has 2 saturated heterocycles. The minimum absolute atomic E-state index is 0.0510. The van der Waals surface area contributed by atoms with Crippen LogP contribution in [0.25, 0.3) is 0 Å². The Kier molecular flexibility index (Phi) is 5.97. The predicted octanol–water partition coefficient (Wildman–Crippen LogP) is 4.37. The Hall–Kier alpha value is -3.45. The van der Waals surface area contributed by atoms with Gasteiger partial charge in [-0.05, 0) is 68.1 Å². The highest BCUT2D eigenvalue weighted by molar-refractivity contribution is 6.31. The summed E-state index contributed by atoms with van der Waals surface area (Å²) in [4.78, 5) is 54.1. The van der Waals surface area contributed by atoms with Gasteiger partial charge in [-0.2, -0.15) is 0 Å². The van der Waals surface area contributed by atoms with Crippen molar-refractivity contribution in [3.05, 3.63) is 64.7 Å². The van der Waals surface area contributed by atoms with Gasteiger partial charge in [-0.25, -0.2) is 4.90 Å². The van der Waals surface area contributed by atoms with Gasteiger partial charge in [0.25, 0.3) is 0 Å². The van der Waals surface area contributed by atoms with Crippen LogP contribution in [0, 0.1) is 31.6 Å². The third-order valence-electron chi connectivity index (χ3n) is 7.12. The van der Waals surface area contributed by atoms with Gasteiger partial charge in [0.15, 0.2) is 0 Å². The standard InChI is InChI=1S/C27H25ClN2O5/c1-15-12-18(10-11-22(15)30-25(32)19-6-3-4-7-20(19)26(30)33)35-27(34)17-13-24(31)29(14-17)23-9-5-8-21(28)16(23)2/h3-5,8-12,17,19-20H,6-7,13-14H2,1-2H3/t17-,19+,20+/m1/s1. The van der Waals surface area contributed by atoms with Crippen LogP contribution in [0.2, 0.25) is 5.02 Å². The van der Waals surface area contributed by atoms with Crippen molar-refractivity contribution in [3.63, 3.8) is 0 Å². The number of nitrogens with zero attached hydrogens (tertiary/aromatic N) is 2. The lowest BCUT2D eigenvalue weighted by Crippen LogP contribution is -2.31. The summed E-state index contributed by atoms with van der Waals surface area (Å²) in [6.45, 7) is 3.82. The molecule has 2 aliphatic heterocycles. The van der Waals surface area contributed by atoms with E-state index in [-0.39, 0.29) is 42.5 Å². The highest BCUT2D eigenvalue weighted by Crippen LogP contribution is 2.39. The smallest absolute Gasteiger partial charge is 0.316 e. The molecule has 0 aromatic heterocycles. The number of anilines is 2. The van der Waals surface area contributed by atoms with Crippen molar-refractivity contribution in [1.82, 2.24) is 0 Å². The zero-order valence-corrected chi connectivity index (χ0v) is 20.2. The Bertz CT molecular complexity index is 1260. The van der Waals surface area contributed by atoms with Gasteiger partial charge in [-0.15, -0.1) is 0 Å². The first-order chi connectivity index (χ1) is 16.8. The van der Waals surface area contributed by atoms with Gasteiger partial charge >= 0.3 is 5.97 Å². The summed E-state index contributed by atoms with van der Waals surface area (Å²) in [6, 6.07) is 10.2. The van der Waals surface area contributed by atoms with Crippen LogP contribution >= 0.6 is 11.6 Å². The number of ether oxygens (including phenoxy) is 1. The number of carbonyl (C=O) groups is 4. The third-order valence-corrected chi connectivity index (χ3v) is 7.53. The zero-order chi connectivity index (χ0) is 24.9. The third kappa shape index (κ3) is 4.04. The van der Waals surface area contributed by atoms with Crippen LogP contribution < -0.4 is 14.5 Å². The number of carbonyl (C=O) groups excluding carboxylic acids is 4. The molecule has 2 aromatic rings. The fourth-order valence-corrected chi connectivity index (χ4v) is 5.34. The number of aryl methyl sites for hydroxylation is 1. The van der Waals surface area contributed by atoms with Crippen molar-refractivity contribution >= 4 is 46.7 Å². The molecule has 0 N–H and O–H groups in total. The van der Waals surface area contributed by atoms with Crippen molar-refractivity contribution in [3.8, 4) is 5.75 Å². The van der Waals surface area contributed by atoms with E-state index in [1.165, 1.54) is 4.90 Å². The van der Waals surface area contributed by atoms with E-state index in [4.69, 9.17) is 16.3 Å². The quantitative estimate of drug-likeness (QED) is 0.274. The summed E-state index contributed by atoms with van der Waals surface area (Å²) in [5.41, 5.74) is 2.63. The van der Waals surface area contributed by atoms with Crippen molar-refractivity contribution in [2.45, 2.75) is 33.1 Å². The molecule has 5 rings (SSSR count). The lowest BCUT2D eigenvalue weighted by molar-refractivity contribution is -0.139.